The molecule has 14 nitrogen and oxygen atoms in total. The topological polar surface area (TPSA) is 177 Å². The molecule has 0 radical (unpaired) electrons. The Kier molecular flexibility index (Phi) is 11.0. The number of H-pyrrole nitrogens is 2. The van der Waals surface area contributed by atoms with E-state index in [1.807, 2.05) is 44.7 Å². The number of hydrogen-bond acceptors (Lipinski definition) is 7. The Morgan fingerprint density at radius 3 is 1.95 bits per heavy atom. The van der Waals surface area contributed by atoms with E-state index >= 15 is 0 Å². The smallest absolute Gasteiger partial charge is 0.407 e. The van der Waals surface area contributed by atoms with Crippen molar-refractivity contribution in [2.45, 2.75) is 77.5 Å². The van der Waals surface area contributed by atoms with Gasteiger partial charge in [0.1, 0.15) is 23.7 Å². The number of imidazole rings is 2. The molecule has 2 aliphatic heterocycles. The number of carbonyl (C=O) groups excluding carboxylic acids is 3. The second-order valence-corrected chi connectivity index (χ2v) is 16.8. The summed E-state index contributed by atoms with van der Waals surface area (Å²) >= 11 is 0. The van der Waals surface area contributed by atoms with Gasteiger partial charge in [0.05, 0.1) is 41.3 Å². The molecular formula is C46H52N8O6. The number of likely N-dealkylation sites (tertiary alicyclic amines) is 2. The van der Waals surface area contributed by atoms with Crippen LogP contribution in [0.15, 0.2) is 72.8 Å². The van der Waals surface area contributed by atoms with Crippen LogP contribution in [0.3, 0.4) is 0 Å². The fraction of sp³-hybridized carbons (Fsp3) is 0.391. The fourth-order valence-electron chi connectivity index (χ4n) is 9.07. The molecule has 4 heterocycles. The monoisotopic (exact) mass is 812 g/mol. The summed E-state index contributed by atoms with van der Waals surface area (Å²) in [6.45, 7) is 8.70. The standard InChI is InChI=1S/C46H52N8O6/c1-25(2)38(51-45(57)60-6)43(55)53-21-7-10-37(53)42-48-34-20-17-31-23-29(15-18-32(31)39(34)50-42)27-11-13-28(14-12-27)30-16-19-33-35(24-30)49-41(47-33)36-9-8-22-54(36)44(56)40(26(3)4)52(5)46(58)59/h11-20,23-26,36-38,40H,7-10,21-22H2,1-6H3,(H,47,49)(H,48,50)(H,51,57)(H,58,59)/t36-,37-,38-,40-/m0/s1. The van der Waals surface area contributed by atoms with Gasteiger partial charge in [-0.2, -0.15) is 0 Å². The number of likely N-dealkylation sites (N-methyl/N-ethyl adjacent to an activating group) is 1. The van der Waals surface area contributed by atoms with Crippen molar-refractivity contribution >= 4 is 56.8 Å². The third-order valence-electron chi connectivity index (χ3n) is 12.2. The highest BCUT2D eigenvalue weighted by molar-refractivity contribution is 6.05. The number of ether oxygens (including phenoxy) is 1. The Morgan fingerprint density at radius 1 is 0.750 bits per heavy atom. The number of aromatic nitrogens is 4. The molecule has 60 heavy (non-hydrogen) atoms. The minimum atomic E-state index is -1.12. The second-order valence-electron chi connectivity index (χ2n) is 16.8. The zero-order valence-electron chi connectivity index (χ0n) is 34.9. The van der Waals surface area contributed by atoms with E-state index in [9.17, 15) is 24.3 Å². The zero-order chi connectivity index (χ0) is 42.4. The molecule has 14 heteroatoms. The lowest BCUT2D eigenvalue weighted by molar-refractivity contribution is -0.138. The molecule has 0 spiro atoms. The van der Waals surface area contributed by atoms with E-state index in [2.05, 4.69) is 75.9 Å². The highest BCUT2D eigenvalue weighted by atomic mass is 16.5. The minimum Gasteiger partial charge on any atom is -0.465 e. The summed E-state index contributed by atoms with van der Waals surface area (Å²) in [7, 11) is 2.75. The largest absolute Gasteiger partial charge is 0.465 e. The van der Waals surface area contributed by atoms with Gasteiger partial charge in [0.2, 0.25) is 11.8 Å². The van der Waals surface area contributed by atoms with E-state index in [4.69, 9.17) is 14.7 Å². The highest BCUT2D eigenvalue weighted by Gasteiger charge is 2.40. The molecule has 4 atom stereocenters. The van der Waals surface area contributed by atoms with Crippen molar-refractivity contribution in [1.82, 2.24) is 40.0 Å². The number of benzene rings is 4. The molecule has 0 unspecified atom stereocenters. The number of aromatic amines is 2. The average Bonchev–Trinajstić information content (AvgIpc) is 4.07. The Labute approximate surface area is 348 Å². The van der Waals surface area contributed by atoms with Crippen LogP contribution in [0.25, 0.3) is 55.1 Å². The molecule has 0 aliphatic carbocycles. The van der Waals surface area contributed by atoms with Crippen molar-refractivity contribution in [3.63, 3.8) is 0 Å². The normalized spacial score (nSPS) is 17.9. The van der Waals surface area contributed by atoms with Gasteiger partial charge in [-0.05, 0) is 89.4 Å². The number of methoxy groups -OCH3 is 1. The van der Waals surface area contributed by atoms with Crippen molar-refractivity contribution in [2.24, 2.45) is 11.8 Å². The number of rotatable bonds is 10. The first-order valence-electron chi connectivity index (χ1n) is 20.8. The summed E-state index contributed by atoms with van der Waals surface area (Å²) in [5, 5.41) is 14.4. The van der Waals surface area contributed by atoms with Gasteiger partial charge in [0.15, 0.2) is 0 Å². The van der Waals surface area contributed by atoms with E-state index in [1.54, 1.807) is 4.90 Å². The summed E-state index contributed by atoms with van der Waals surface area (Å²) in [6.07, 6.45) is 1.45. The number of alkyl carbamates (subject to hydrolysis) is 1. The predicted molar refractivity (Wildman–Crippen MR) is 230 cm³/mol. The Balaban J connectivity index is 0.996. The molecule has 312 valence electrons. The van der Waals surface area contributed by atoms with Crippen molar-refractivity contribution in [2.75, 3.05) is 27.2 Å². The minimum absolute atomic E-state index is 0.112. The number of amides is 4. The summed E-state index contributed by atoms with van der Waals surface area (Å²) in [5.74, 6) is 0.834. The third kappa shape index (κ3) is 7.50. The lowest BCUT2D eigenvalue weighted by atomic mass is 9.98. The van der Waals surface area contributed by atoms with Crippen LogP contribution >= 0.6 is 0 Å². The number of carbonyl (C=O) groups is 4. The molecule has 4 aromatic carbocycles. The zero-order valence-corrected chi connectivity index (χ0v) is 34.9. The van der Waals surface area contributed by atoms with Gasteiger partial charge in [-0.15, -0.1) is 0 Å². The van der Waals surface area contributed by atoms with Crippen molar-refractivity contribution in [1.29, 1.82) is 0 Å². The molecular weight excluding hydrogens is 761 g/mol. The number of nitrogens with zero attached hydrogens (tertiary/aromatic N) is 5. The summed E-state index contributed by atoms with van der Waals surface area (Å²) in [4.78, 5) is 72.9. The molecule has 4 N–H and O–H groups in total. The lowest BCUT2D eigenvalue weighted by Crippen LogP contribution is -2.51. The summed E-state index contributed by atoms with van der Waals surface area (Å²) in [5.41, 5.74) is 7.68. The fourth-order valence-corrected chi connectivity index (χ4v) is 9.07. The third-order valence-corrected chi connectivity index (χ3v) is 12.2. The Bertz CT molecular complexity index is 2600. The van der Waals surface area contributed by atoms with Gasteiger partial charge >= 0.3 is 12.2 Å². The van der Waals surface area contributed by atoms with E-state index in [0.29, 0.717) is 18.9 Å². The molecule has 8 rings (SSSR count). The maximum Gasteiger partial charge on any atom is 0.407 e. The van der Waals surface area contributed by atoms with Gasteiger partial charge < -0.3 is 34.9 Å². The lowest BCUT2D eigenvalue weighted by Gasteiger charge is -2.33. The SMILES string of the molecule is COC(=O)N[C@H](C(=O)N1CCC[C@H]1c1nc2c(ccc3cc(-c4ccc(-c5ccc6nc([C@@H]7CCCN7C(=O)[C@H](C(C)C)N(C)C(=O)O)[nH]c6c5)cc4)ccc32)[nH]1)C(C)C. The van der Waals surface area contributed by atoms with Gasteiger partial charge in [-0.1, -0.05) is 76.2 Å². The number of carboxylic acid groups (broad SMARTS) is 1. The summed E-state index contributed by atoms with van der Waals surface area (Å²) < 4.78 is 4.79. The first-order valence-corrected chi connectivity index (χ1v) is 20.8. The van der Waals surface area contributed by atoms with Crippen LogP contribution in [0.4, 0.5) is 9.59 Å². The number of hydrogen-bond donors (Lipinski definition) is 4. The molecule has 0 bridgehead atoms. The molecule has 2 aliphatic rings. The first kappa shape index (κ1) is 40.3. The van der Waals surface area contributed by atoms with Crippen molar-refractivity contribution < 1.29 is 29.0 Å². The quantitative estimate of drug-likeness (QED) is 0.107. The van der Waals surface area contributed by atoms with Gasteiger partial charge in [0.25, 0.3) is 0 Å². The van der Waals surface area contributed by atoms with Crippen LogP contribution in [0.2, 0.25) is 0 Å². The van der Waals surface area contributed by atoms with Crippen LogP contribution in [-0.4, -0.2) is 103 Å². The van der Waals surface area contributed by atoms with Gasteiger partial charge in [0, 0.05) is 25.5 Å². The van der Waals surface area contributed by atoms with E-state index in [-0.39, 0.29) is 35.7 Å². The maximum absolute atomic E-state index is 13.7. The van der Waals surface area contributed by atoms with Crippen LogP contribution in [0.5, 0.6) is 0 Å². The van der Waals surface area contributed by atoms with Crippen molar-refractivity contribution in [3.05, 3.63) is 84.4 Å². The van der Waals surface area contributed by atoms with E-state index in [1.165, 1.54) is 14.2 Å². The highest BCUT2D eigenvalue weighted by Crippen LogP contribution is 2.37. The van der Waals surface area contributed by atoms with Crippen LogP contribution in [0.1, 0.15) is 77.1 Å². The van der Waals surface area contributed by atoms with Gasteiger partial charge in [-0.25, -0.2) is 19.6 Å². The van der Waals surface area contributed by atoms with Crippen molar-refractivity contribution in [3.8, 4) is 22.3 Å². The van der Waals surface area contributed by atoms with Gasteiger partial charge in [-0.3, -0.25) is 14.5 Å². The van der Waals surface area contributed by atoms with Crippen LogP contribution in [-0.2, 0) is 14.3 Å². The summed E-state index contributed by atoms with van der Waals surface area (Å²) in [6, 6.07) is 23.2. The van der Waals surface area contributed by atoms with E-state index in [0.717, 1.165) is 91.5 Å². The second kappa shape index (κ2) is 16.3. The molecule has 2 saturated heterocycles. The Hall–Kier alpha value is -6.44. The molecule has 6 aromatic rings. The maximum atomic E-state index is 13.7. The first-order chi connectivity index (χ1) is 28.8. The number of fused-ring (bicyclic) bond motifs is 4. The Morgan fingerprint density at radius 2 is 1.33 bits per heavy atom. The molecule has 2 aromatic heterocycles. The van der Waals surface area contributed by atoms with Crippen LogP contribution in [0, 0.1) is 11.8 Å². The average molecular weight is 813 g/mol. The molecule has 0 saturated carbocycles. The molecule has 4 amide bonds. The van der Waals surface area contributed by atoms with E-state index < -0.39 is 24.3 Å². The molecule has 2 fully saturated rings. The predicted octanol–water partition coefficient (Wildman–Crippen LogP) is 8.27. The van der Waals surface area contributed by atoms with Crippen LogP contribution < -0.4 is 5.32 Å². The number of nitrogens with one attached hydrogen (secondary N) is 3.